The number of carboxylic acids is 1. The third kappa shape index (κ3) is 3.02. The smallest absolute Gasteiger partial charge is 0.311 e. The molecule has 114 valence electrons. The summed E-state index contributed by atoms with van der Waals surface area (Å²) in [7, 11) is 0. The highest BCUT2D eigenvalue weighted by Gasteiger charge is 2.39. The highest BCUT2D eigenvalue weighted by molar-refractivity contribution is 5.94. The van der Waals surface area contributed by atoms with Crippen LogP contribution in [0.2, 0.25) is 0 Å². The Hall–Kier alpha value is -2.02. The van der Waals surface area contributed by atoms with Crippen LogP contribution in [0.4, 0.5) is 8.78 Å². The Labute approximate surface area is 120 Å². The zero-order valence-corrected chi connectivity index (χ0v) is 11.4. The van der Waals surface area contributed by atoms with Gasteiger partial charge in [-0.05, 0) is 25.1 Å². The van der Waals surface area contributed by atoms with Crippen molar-refractivity contribution in [2.45, 2.75) is 13.0 Å². The number of aliphatic carboxylic acids is 1. The van der Waals surface area contributed by atoms with Gasteiger partial charge in [-0.2, -0.15) is 0 Å². The molecule has 5 nitrogen and oxygen atoms in total. The molecule has 1 aliphatic heterocycles. The molecule has 0 spiro atoms. The van der Waals surface area contributed by atoms with E-state index in [2.05, 4.69) is 0 Å². The SMILES string of the molecule is CCN(C(=O)c1ccc(F)c(F)c1)C1COCC1C(=O)O. The summed E-state index contributed by atoms with van der Waals surface area (Å²) in [5, 5.41) is 9.13. The molecule has 1 aromatic carbocycles. The van der Waals surface area contributed by atoms with Crippen molar-refractivity contribution in [3.63, 3.8) is 0 Å². The Morgan fingerprint density at radius 2 is 2.05 bits per heavy atom. The van der Waals surface area contributed by atoms with Gasteiger partial charge in [0.15, 0.2) is 11.6 Å². The van der Waals surface area contributed by atoms with E-state index in [4.69, 9.17) is 9.84 Å². The van der Waals surface area contributed by atoms with E-state index < -0.39 is 35.5 Å². The molecule has 0 aromatic heterocycles. The van der Waals surface area contributed by atoms with Crippen LogP contribution in [0.5, 0.6) is 0 Å². The number of amides is 1. The van der Waals surface area contributed by atoms with Gasteiger partial charge >= 0.3 is 5.97 Å². The zero-order valence-electron chi connectivity index (χ0n) is 11.4. The third-order valence-electron chi connectivity index (χ3n) is 3.54. The largest absolute Gasteiger partial charge is 0.481 e. The van der Waals surface area contributed by atoms with Crippen molar-refractivity contribution in [2.75, 3.05) is 19.8 Å². The summed E-state index contributed by atoms with van der Waals surface area (Å²) < 4.78 is 31.3. The topological polar surface area (TPSA) is 66.8 Å². The maximum atomic E-state index is 13.2. The Bertz CT molecular complexity index is 564. The molecule has 0 radical (unpaired) electrons. The van der Waals surface area contributed by atoms with E-state index in [1.54, 1.807) is 6.92 Å². The molecule has 1 amide bonds. The van der Waals surface area contributed by atoms with Gasteiger partial charge in [0.25, 0.3) is 5.91 Å². The second-order valence-corrected chi connectivity index (χ2v) is 4.77. The Kier molecular flexibility index (Phi) is 4.52. The molecule has 1 fully saturated rings. The van der Waals surface area contributed by atoms with Crippen molar-refractivity contribution in [2.24, 2.45) is 5.92 Å². The van der Waals surface area contributed by atoms with Gasteiger partial charge in [-0.15, -0.1) is 0 Å². The zero-order chi connectivity index (χ0) is 15.6. The van der Waals surface area contributed by atoms with Gasteiger partial charge in [0.1, 0.15) is 5.92 Å². The van der Waals surface area contributed by atoms with Crippen LogP contribution in [-0.4, -0.2) is 47.7 Å². The quantitative estimate of drug-likeness (QED) is 0.915. The van der Waals surface area contributed by atoms with Crippen LogP contribution >= 0.6 is 0 Å². The minimum Gasteiger partial charge on any atom is -0.481 e. The summed E-state index contributed by atoms with van der Waals surface area (Å²) in [5.41, 5.74) is -0.0215. The summed E-state index contributed by atoms with van der Waals surface area (Å²) in [4.78, 5) is 24.9. The van der Waals surface area contributed by atoms with Crippen LogP contribution in [0.3, 0.4) is 0 Å². The van der Waals surface area contributed by atoms with Crippen LogP contribution in [-0.2, 0) is 9.53 Å². The first kappa shape index (κ1) is 15.4. The fraction of sp³-hybridized carbons (Fsp3) is 0.429. The van der Waals surface area contributed by atoms with Gasteiger partial charge in [-0.25, -0.2) is 8.78 Å². The molecule has 0 aliphatic carbocycles. The number of rotatable bonds is 4. The van der Waals surface area contributed by atoms with E-state index >= 15 is 0 Å². The predicted molar refractivity (Wildman–Crippen MR) is 68.8 cm³/mol. The van der Waals surface area contributed by atoms with Gasteiger partial charge in [0, 0.05) is 12.1 Å². The predicted octanol–water partition coefficient (Wildman–Crippen LogP) is 1.53. The monoisotopic (exact) mass is 299 g/mol. The number of benzene rings is 1. The molecule has 1 N–H and O–H groups in total. The molecule has 1 aromatic rings. The van der Waals surface area contributed by atoms with E-state index in [9.17, 15) is 18.4 Å². The molecule has 2 rings (SSSR count). The van der Waals surface area contributed by atoms with Crippen LogP contribution in [0.15, 0.2) is 18.2 Å². The molecule has 0 bridgehead atoms. The standard InChI is InChI=1S/C14H15F2NO4/c1-2-17(12-7-21-6-9(12)14(19)20)13(18)8-3-4-10(15)11(16)5-8/h3-5,9,12H,2,6-7H2,1H3,(H,19,20). The van der Waals surface area contributed by atoms with Crippen molar-refractivity contribution in [1.82, 2.24) is 4.90 Å². The second-order valence-electron chi connectivity index (χ2n) is 4.77. The number of carboxylic acid groups (broad SMARTS) is 1. The van der Waals surface area contributed by atoms with Gasteiger partial charge in [-0.3, -0.25) is 9.59 Å². The Balaban J connectivity index is 2.26. The number of halogens is 2. The lowest BCUT2D eigenvalue weighted by molar-refractivity contribution is -0.142. The average molecular weight is 299 g/mol. The van der Waals surface area contributed by atoms with Crippen LogP contribution < -0.4 is 0 Å². The third-order valence-corrected chi connectivity index (χ3v) is 3.54. The summed E-state index contributed by atoms with van der Waals surface area (Å²) >= 11 is 0. The normalized spacial score (nSPS) is 21.3. The second kappa shape index (κ2) is 6.17. The number of ether oxygens (including phenoxy) is 1. The Morgan fingerprint density at radius 1 is 1.33 bits per heavy atom. The fourth-order valence-electron chi connectivity index (χ4n) is 2.41. The van der Waals surface area contributed by atoms with Gasteiger partial charge in [-0.1, -0.05) is 0 Å². The number of carbonyl (C=O) groups is 2. The van der Waals surface area contributed by atoms with Gasteiger partial charge in [0.05, 0.1) is 19.3 Å². The summed E-state index contributed by atoms with van der Waals surface area (Å²) in [6.45, 7) is 2.08. The number of likely N-dealkylation sites (N-methyl/N-ethyl adjacent to an activating group) is 1. The fourth-order valence-corrected chi connectivity index (χ4v) is 2.41. The number of nitrogens with zero attached hydrogens (tertiary/aromatic N) is 1. The maximum Gasteiger partial charge on any atom is 0.311 e. The minimum atomic E-state index is -1.12. The molecule has 0 saturated carbocycles. The first-order valence-electron chi connectivity index (χ1n) is 6.52. The van der Waals surface area contributed by atoms with E-state index in [1.165, 1.54) is 11.0 Å². The first-order chi connectivity index (χ1) is 9.95. The van der Waals surface area contributed by atoms with Crippen molar-refractivity contribution < 1.29 is 28.2 Å². The number of hydrogen-bond donors (Lipinski definition) is 1. The molecular weight excluding hydrogens is 284 g/mol. The first-order valence-corrected chi connectivity index (χ1v) is 6.52. The Morgan fingerprint density at radius 3 is 2.62 bits per heavy atom. The number of carbonyl (C=O) groups excluding carboxylic acids is 1. The van der Waals surface area contributed by atoms with Gasteiger partial charge in [0.2, 0.25) is 0 Å². The molecule has 1 saturated heterocycles. The van der Waals surface area contributed by atoms with Crippen LogP contribution in [0.1, 0.15) is 17.3 Å². The van der Waals surface area contributed by atoms with Crippen LogP contribution in [0.25, 0.3) is 0 Å². The van der Waals surface area contributed by atoms with Crippen molar-refractivity contribution >= 4 is 11.9 Å². The van der Waals surface area contributed by atoms with Crippen molar-refractivity contribution in [1.29, 1.82) is 0 Å². The van der Waals surface area contributed by atoms with Crippen molar-refractivity contribution in [3.8, 4) is 0 Å². The molecule has 7 heteroatoms. The number of hydrogen-bond acceptors (Lipinski definition) is 3. The summed E-state index contributed by atoms with van der Waals surface area (Å²) in [6, 6.07) is 2.24. The summed E-state index contributed by atoms with van der Waals surface area (Å²) in [6.07, 6.45) is 0. The van der Waals surface area contributed by atoms with Gasteiger partial charge < -0.3 is 14.7 Å². The lowest BCUT2D eigenvalue weighted by Crippen LogP contribution is -2.46. The average Bonchev–Trinajstić information content (AvgIpc) is 2.92. The molecule has 21 heavy (non-hydrogen) atoms. The summed E-state index contributed by atoms with van der Waals surface area (Å²) in [5.74, 6) is -4.57. The minimum absolute atomic E-state index is 0.0215. The molecule has 2 atom stereocenters. The lowest BCUT2D eigenvalue weighted by Gasteiger charge is -2.29. The van der Waals surface area contributed by atoms with E-state index in [-0.39, 0.29) is 25.3 Å². The maximum absolute atomic E-state index is 13.2. The lowest BCUT2D eigenvalue weighted by atomic mass is 10.0. The molecule has 1 heterocycles. The van der Waals surface area contributed by atoms with Crippen LogP contribution in [0, 0.1) is 17.6 Å². The molecular formula is C14H15F2NO4. The van der Waals surface area contributed by atoms with Crippen molar-refractivity contribution in [3.05, 3.63) is 35.4 Å². The van der Waals surface area contributed by atoms with E-state index in [1.807, 2.05) is 0 Å². The molecule has 1 aliphatic rings. The highest BCUT2D eigenvalue weighted by Crippen LogP contribution is 2.22. The van der Waals surface area contributed by atoms with E-state index in [0.29, 0.717) is 0 Å². The highest BCUT2D eigenvalue weighted by atomic mass is 19.2. The molecule has 2 unspecified atom stereocenters. The van der Waals surface area contributed by atoms with E-state index in [0.717, 1.165) is 12.1 Å².